The molecule has 2 heterocycles. The first-order chi connectivity index (χ1) is 18.1. The van der Waals surface area contributed by atoms with Crippen molar-refractivity contribution < 1.29 is 32.2 Å². The van der Waals surface area contributed by atoms with Crippen LogP contribution in [0.4, 0.5) is 13.2 Å². The predicted molar refractivity (Wildman–Crippen MR) is 129 cm³/mol. The molecule has 1 atom stereocenters. The van der Waals surface area contributed by atoms with Gasteiger partial charge in [-0.05, 0) is 42.7 Å². The van der Waals surface area contributed by atoms with Crippen molar-refractivity contribution in [1.29, 1.82) is 0 Å². The van der Waals surface area contributed by atoms with Gasteiger partial charge in [0, 0.05) is 19.2 Å². The van der Waals surface area contributed by atoms with E-state index in [9.17, 15) is 27.6 Å². The number of methoxy groups -OCH3 is 2. The van der Waals surface area contributed by atoms with Gasteiger partial charge in [0.1, 0.15) is 0 Å². The van der Waals surface area contributed by atoms with Gasteiger partial charge in [-0.3, -0.25) is 14.2 Å². The lowest BCUT2D eigenvalue weighted by molar-refractivity contribution is -0.137. The third-order valence-corrected chi connectivity index (χ3v) is 6.00. The van der Waals surface area contributed by atoms with Crippen LogP contribution >= 0.6 is 0 Å². The highest BCUT2D eigenvalue weighted by molar-refractivity contribution is 5.91. The number of rotatable bonds is 8. The second-order valence-electron chi connectivity index (χ2n) is 8.52. The second-order valence-corrected chi connectivity index (χ2v) is 8.52. The molecule has 10 nitrogen and oxygen atoms in total. The molecule has 0 bridgehead atoms. The number of nitrogens with one attached hydrogen (secondary N) is 1. The Hall–Kier alpha value is -4.13. The van der Waals surface area contributed by atoms with Crippen molar-refractivity contribution >= 4 is 5.91 Å². The van der Waals surface area contributed by atoms with E-state index in [1.165, 1.54) is 44.6 Å². The Morgan fingerprint density at radius 2 is 1.89 bits per heavy atom. The minimum absolute atomic E-state index is 0.0369. The summed E-state index contributed by atoms with van der Waals surface area (Å²) in [5.74, 6) is -0.243. The molecular formula is C25H25F3N4O6. The van der Waals surface area contributed by atoms with Crippen LogP contribution in [0.3, 0.4) is 0 Å². The van der Waals surface area contributed by atoms with Crippen LogP contribution in [0.1, 0.15) is 34.5 Å². The van der Waals surface area contributed by atoms with E-state index in [0.717, 1.165) is 29.7 Å². The number of benzene rings is 2. The molecule has 1 N–H and O–H groups in total. The summed E-state index contributed by atoms with van der Waals surface area (Å²) in [4.78, 5) is 39.6. The van der Waals surface area contributed by atoms with Crippen LogP contribution in [0.2, 0.25) is 0 Å². The first-order valence-electron chi connectivity index (χ1n) is 11.6. The molecule has 2 aromatic carbocycles. The molecule has 1 aliphatic rings. The summed E-state index contributed by atoms with van der Waals surface area (Å²) in [5.41, 5.74) is -3.38. The van der Waals surface area contributed by atoms with E-state index in [1.54, 1.807) is 0 Å². The summed E-state index contributed by atoms with van der Waals surface area (Å²) >= 11 is 0. The van der Waals surface area contributed by atoms with E-state index in [-0.39, 0.29) is 29.6 Å². The molecule has 0 saturated carbocycles. The van der Waals surface area contributed by atoms with Crippen LogP contribution < -0.4 is 26.0 Å². The first-order valence-corrected chi connectivity index (χ1v) is 11.6. The lowest BCUT2D eigenvalue weighted by Crippen LogP contribution is -2.46. The number of carbonyl (C=O) groups is 1. The fourth-order valence-electron chi connectivity index (χ4n) is 4.05. The molecule has 1 amide bonds. The number of ether oxygens (including phenoxy) is 3. The van der Waals surface area contributed by atoms with Crippen molar-refractivity contribution in [2.24, 2.45) is 0 Å². The van der Waals surface area contributed by atoms with E-state index in [0.29, 0.717) is 16.9 Å². The quantitative estimate of drug-likeness (QED) is 0.472. The third-order valence-electron chi connectivity index (χ3n) is 6.00. The summed E-state index contributed by atoms with van der Waals surface area (Å²) < 4.78 is 57.1. The number of hydrogen-bond acceptors (Lipinski definition) is 7. The van der Waals surface area contributed by atoms with Crippen LogP contribution in [0.25, 0.3) is 5.69 Å². The van der Waals surface area contributed by atoms with Crippen LogP contribution in [0.15, 0.2) is 52.1 Å². The SMILES string of the molecule is COc1ccc(-n2nc(C(=O)NC[C@H]3CCCO3)c(=O)n(Cc3cccc(C(F)(F)F)c3)c2=O)cc1OC. The fourth-order valence-corrected chi connectivity index (χ4v) is 4.05. The zero-order valence-corrected chi connectivity index (χ0v) is 20.6. The molecular weight excluding hydrogens is 509 g/mol. The van der Waals surface area contributed by atoms with Gasteiger partial charge in [-0.2, -0.15) is 23.0 Å². The molecule has 13 heteroatoms. The van der Waals surface area contributed by atoms with E-state index in [4.69, 9.17) is 14.2 Å². The maximum atomic E-state index is 13.4. The van der Waals surface area contributed by atoms with Gasteiger partial charge in [-0.1, -0.05) is 12.1 Å². The van der Waals surface area contributed by atoms with Gasteiger partial charge in [0.2, 0.25) is 5.69 Å². The largest absolute Gasteiger partial charge is 0.493 e. The van der Waals surface area contributed by atoms with Crippen LogP contribution in [-0.4, -0.2) is 53.7 Å². The van der Waals surface area contributed by atoms with Gasteiger partial charge in [0.05, 0.1) is 38.1 Å². The summed E-state index contributed by atoms with van der Waals surface area (Å²) in [6.45, 7) is 0.166. The minimum atomic E-state index is -4.62. The number of amides is 1. The number of aromatic nitrogens is 3. The maximum Gasteiger partial charge on any atom is 0.416 e. The summed E-state index contributed by atoms with van der Waals surface area (Å²) in [5, 5.41) is 6.61. The molecule has 0 aliphatic carbocycles. The van der Waals surface area contributed by atoms with Gasteiger partial charge >= 0.3 is 11.9 Å². The molecule has 1 fully saturated rings. The van der Waals surface area contributed by atoms with Crippen molar-refractivity contribution in [1.82, 2.24) is 19.7 Å². The minimum Gasteiger partial charge on any atom is -0.493 e. The Morgan fingerprint density at radius 3 is 2.55 bits per heavy atom. The van der Waals surface area contributed by atoms with Crippen molar-refractivity contribution in [3.05, 3.63) is 80.1 Å². The van der Waals surface area contributed by atoms with Crippen LogP contribution in [0.5, 0.6) is 11.5 Å². The maximum absolute atomic E-state index is 13.4. The Kier molecular flexibility index (Phi) is 7.86. The first kappa shape index (κ1) is 26.9. The molecule has 3 aromatic rings. The van der Waals surface area contributed by atoms with Gasteiger partial charge in [-0.25, -0.2) is 4.79 Å². The Bertz CT molecular complexity index is 1440. The fraction of sp³-hybridized carbons (Fsp3) is 0.360. The molecule has 0 unspecified atom stereocenters. The molecule has 1 aromatic heterocycles. The van der Waals surface area contributed by atoms with Gasteiger partial charge in [0.25, 0.3) is 11.5 Å². The number of nitrogens with zero attached hydrogens (tertiary/aromatic N) is 3. The molecule has 4 rings (SSSR count). The normalized spacial score (nSPS) is 15.3. The van der Waals surface area contributed by atoms with Crippen molar-refractivity contribution in [2.45, 2.75) is 31.7 Å². The van der Waals surface area contributed by atoms with E-state index in [2.05, 4.69) is 10.4 Å². The zero-order valence-electron chi connectivity index (χ0n) is 20.6. The monoisotopic (exact) mass is 534 g/mol. The van der Waals surface area contributed by atoms with Crippen molar-refractivity contribution in [2.75, 3.05) is 27.4 Å². The zero-order chi connectivity index (χ0) is 27.4. The van der Waals surface area contributed by atoms with Gasteiger partial charge in [0.15, 0.2) is 11.5 Å². The number of hydrogen-bond donors (Lipinski definition) is 1. The smallest absolute Gasteiger partial charge is 0.416 e. The standard InChI is InChI=1S/C25H25F3N4O6/c1-36-19-9-8-17(12-20(19)37-2)32-24(35)31(14-15-5-3-6-16(11-15)25(26,27)28)23(34)21(30-32)22(33)29-13-18-7-4-10-38-18/h3,5-6,8-9,11-12,18H,4,7,10,13-14H2,1-2H3,(H,29,33)/t18-/m1/s1. The van der Waals surface area contributed by atoms with E-state index < -0.39 is 41.1 Å². The molecule has 202 valence electrons. The Balaban J connectivity index is 1.81. The van der Waals surface area contributed by atoms with Gasteiger partial charge in [-0.15, -0.1) is 0 Å². The van der Waals surface area contributed by atoms with Crippen molar-refractivity contribution in [3.8, 4) is 17.2 Å². The average Bonchev–Trinajstić information content (AvgIpc) is 3.43. The van der Waals surface area contributed by atoms with Gasteiger partial charge < -0.3 is 19.5 Å². The lowest BCUT2D eigenvalue weighted by atomic mass is 10.1. The molecule has 1 saturated heterocycles. The summed E-state index contributed by atoms with van der Waals surface area (Å²) in [6.07, 6.45) is -3.26. The number of carbonyl (C=O) groups excluding carboxylic acids is 1. The van der Waals surface area contributed by atoms with E-state index >= 15 is 0 Å². The third kappa shape index (κ3) is 5.72. The Morgan fingerprint density at radius 1 is 1.13 bits per heavy atom. The highest BCUT2D eigenvalue weighted by Crippen LogP contribution is 2.30. The van der Waals surface area contributed by atoms with E-state index in [1.807, 2.05) is 0 Å². The predicted octanol–water partition coefficient (Wildman–Crippen LogP) is 2.39. The van der Waals surface area contributed by atoms with Crippen LogP contribution in [-0.2, 0) is 17.5 Å². The van der Waals surface area contributed by atoms with Crippen molar-refractivity contribution in [3.63, 3.8) is 0 Å². The molecule has 0 radical (unpaired) electrons. The molecule has 0 spiro atoms. The lowest BCUT2D eigenvalue weighted by Gasteiger charge is -2.15. The number of alkyl halides is 3. The van der Waals surface area contributed by atoms with Crippen LogP contribution in [0, 0.1) is 0 Å². The average molecular weight is 534 g/mol. The summed E-state index contributed by atoms with van der Waals surface area (Å²) in [7, 11) is 2.81. The Labute approximate surface area is 214 Å². The highest BCUT2D eigenvalue weighted by Gasteiger charge is 2.30. The summed E-state index contributed by atoms with van der Waals surface area (Å²) in [6, 6.07) is 8.62. The molecule has 1 aliphatic heterocycles. The highest BCUT2D eigenvalue weighted by atomic mass is 19.4. The second kappa shape index (κ2) is 11.1. The molecule has 38 heavy (non-hydrogen) atoms. The number of halogens is 3. The topological polar surface area (TPSA) is 114 Å².